The minimum atomic E-state index is -0.0827. The molecule has 4 aromatic rings. The molecule has 0 amide bonds. The molecule has 0 aromatic heterocycles. The number of hydrogen-bond donors (Lipinski definition) is 0. The second-order valence-corrected chi connectivity index (χ2v) is 17.9. The summed E-state index contributed by atoms with van der Waals surface area (Å²) in [7, 11) is 0. The summed E-state index contributed by atoms with van der Waals surface area (Å²) in [5.74, 6) is 2.19. The average molecular weight is 660 g/mol. The molecule has 0 N–H and O–H groups in total. The van der Waals surface area contributed by atoms with Crippen molar-refractivity contribution >= 4 is 27.8 Å². The van der Waals surface area contributed by atoms with Crippen LogP contribution in [0.25, 0.3) is 33.0 Å². The van der Waals surface area contributed by atoms with Crippen molar-refractivity contribution in [1.29, 1.82) is 0 Å². The summed E-state index contributed by atoms with van der Waals surface area (Å²) in [5, 5.41) is 2.90. The van der Waals surface area contributed by atoms with Crippen LogP contribution in [0.2, 0.25) is 0 Å². The van der Waals surface area contributed by atoms with E-state index in [1.54, 1.807) is 44.8 Å². The molecule has 50 heavy (non-hydrogen) atoms. The van der Waals surface area contributed by atoms with Gasteiger partial charge in [-0.25, -0.2) is 0 Å². The molecule has 1 spiro atoms. The highest BCUT2D eigenvalue weighted by Crippen LogP contribution is 2.63. The van der Waals surface area contributed by atoms with Gasteiger partial charge >= 0.3 is 0 Å². The van der Waals surface area contributed by atoms with Crippen molar-refractivity contribution in [3.05, 3.63) is 106 Å². The topological polar surface area (TPSA) is 6.25 Å². The summed E-state index contributed by atoms with van der Waals surface area (Å²) in [5.41, 5.74) is 16.9. The lowest BCUT2D eigenvalue weighted by Crippen LogP contribution is -2.62. The van der Waals surface area contributed by atoms with Gasteiger partial charge in [-0.05, 0) is 131 Å². The van der Waals surface area contributed by atoms with Crippen LogP contribution < -0.4 is 0 Å². The molecule has 1 unspecified atom stereocenters. The number of aryl methyl sites for hydroxylation is 1. The molecule has 2 heteroatoms. The van der Waals surface area contributed by atoms with Gasteiger partial charge < -0.3 is 0 Å². The molecule has 1 aliphatic heterocycles. The van der Waals surface area contributed by atoms with E-state index in [1.807, 2.05) is 0 Å². The Kier molecular flexibility index (Phi) is 6.95. The minimum absolute atomic E-state index is 0.0103. The molecule has 1 heterocycles. The Labute approximate surface area is 300 Å². The molecule has 256 valence electrons. The van der Waals surface area contributed by atoms with E-state index in [4.69, 9.17) is 0 Å². The van der Waals surface area contributed by atoms with Crippen LogP contribution in [-0.4, -0.2) is 40.5 Å². The molecular formula is C48H55N2+. The molecule has 4 aromatic carbocycles. The second kappa shape index (κ2) is 11.2. The molecule has 0 bridgehead atoms. The Morgan fingerprint density at radius 2 is 1.50 bits per heavy atom. The first-order valence-corrected chi connectivity index (χ1v) is 20.2. The monoisotopic (exact) mass is 659 g/mol. The lowest BCUT2D eigenvalue weighted by molar-refractivity contribution is -0.588. The highest BCUT2D eigenvalue weighted by Gasteiger charge is 2.57. The van der Waals surface area contributed by atoms with Crippen LogP contribution in [0.3, 0.4) is 0 Å². The van der Waals surface area contributed by atoms with Crippen molar-refractivity contribution in [2.24, 2.45) is 5.92 Å². The third-order valence-corrected chi connectivity index (χ3v) is 14.2. The van der Waals surface area contributed by atoms with E-state index < -0.39 is 0 Å². The molecule has 0 radical (unpaired) electrons. The zero-order chi connectivity index (χ0) is 33.9. The van der Waals surface area contributed by atoms with Gasteiger partial charge in [0.2, 0.25) is 5.84 Å². The van der Waals surface area contributed by atoms with Crippen molar-refractivity contribution < 1.29 is 4.58 Å². The molecule has 0 saturated heterocycles. The lowest BCUT2D eigenvalue weighted by Gasteiger charge is -2.46. The first-order valence-electron chi connectivity index (χ1n) is 20.2. The number of hydrogen-bond acceptors (Lipinski definition) is 1. The van der Waals surface area contributed by atoms with E-state index in [0.717, 1.165) is 19.5 Å². The smallest absolute Gasteiger partial charge is 0.249 e. The minimum Gasteiger partial charge on any atom is -0.261 e. The zero-order valence-corrected chi connectivity index (χ0v) is 31.2. The second-order valence-electron chi connectivity index (χ2n) is 17.9. The van der Waals surface area contributed by atoms with Gasteiger partial charge in [0.1, 0.15) is 13.1 Å². The number of amidine groups is 1. The van der Waals surface area contributed by atoms with E-state index in [1.165, 1.54) is 97.2 Å². The fraction of sp³-hybridized carbons (Fsp3) is 0.479. The molecule has 5 aliphatic carbocycles. The zero-order valence-electron chi connectivity index (χ0n) is 31.2. The first-order chi connectivity index (χ1) is 24.3. The summed E-state index contributed by atoms with van der Waals surface area (Å²) >= 11 is 0. The molecular weight excluding hydrogens is 605 g/mol. The number of nitrogens with zero attached hydrogens (tertiary/aromatic N) is 2. The Bertz CT molecular complexity index is 2130. The fourth-order valence-corrected chi connectivity index (χ4v) is 12.2. The van der Waals surface area contributed by atoms with E-state index in [0.29, 0.717) is 18.0 Å². The maximum atomic E-state index is 3.03. The summed E-state index contributed by atoms with van der Waals surface area (Å²) in [4.78, 5) is 3.03. The Hall–Kier alpha value is -3.65. The average Bonchev–Trinajstić information content (AvgIpc) is 3.73. The van der Waals surface area contributed by atoms with E-state index in [-0.39, 0.29) is 10.8 Å². The van der Waals surface area contributed by atoms with Crippen LogP contribution in [-0.2, 0) is 17.3 Å². The Morgan fingerprint density at radius 1 is 0.760 bits per heavy atom. The largest absolute Gasteiger partial charge is 0.261 e. The molecule has 6 aliphatic rings. The maximum Gasteiger partial charge on any atom is 0.249 e. The molecule has 2 saturated carbocycles. The molecule has 10 rings (SSSR count). The lowest BCUT2D eigenvalue weighted by atomic mass is 9.72. The number of fused-ring (bicyclic) bond motifs is 12. The summed E-state index contributed by atoms with van der Waals surface area (Å²) < 4.78 is 3.03. The van der Waals surface area contributed by atoms with Gasteiger partial charge in [-0.15, -0.1) is 0 Å². The van der Waals surface area contributed by atoms with Gasteiger partial charge in [0.25, 0.3) is 0 Å². The van der Waals surface area contributed by atoms with Gasteiger partial charge in [-0.3, -0.25) is 9.48 Å². The number of benzene rings is 4. The predicted molar refractivity (Wildman–Crippen MR) is 210 cm³/mol. The van der Waals surface area contributed by atoms with E-state index in [2.05, 4.69) is 111 Å². The third kappa shape index (κ3) is 4.23. The van der Waals surface area contributed by atoms with Gasteiger partial charge in [0.15, 0.2) is 0 Å². The fourth-order valence-electron chi connectivity index (χ4n) is 12.2. The summed E-state index contributed by atoms with van der Waals surface area (Å²) in [6, 6.07) is 28.1. The van der Waals surface area contributed by atoms with Crippen molar-refractivity contribution in [1.82, 2.24) is 4.90 Å². The predicted octanol–water partition coefficient (Wildman–Crippen LogP) is 11.2. The van der Waals surface area contributed by atoms with Gasteiger partial charge in [0.05, 0.1) is 23.4 Å². The highest BCUT2D eigenvalue weighted by atomic mass is 15.3. The van der Waals surface area contributed by atoms with Crippen LogP contribution in [0.1, 0.15) is 131 Å². The Balaban J connectivity index is 1.28. The highest BCUT2D eigenvalue weighted by molar-refractivity contribution is 6.11. The maximum absolute atomic E-state index is 3.03. The standard InChI is InChI=1S/C48H55N2/c1-30(2)46-49(34-15-8-6-9-16-34)28-48(29-50(46)35-17-10-7-11-18-35)41-25-24-40-43(39-27-32-14-12-13-19-36(32)44(39)47(40,4)5)42(41)38-23-21-33-26-31(3)20-22-37(33)45(38)48/h12-14,19-26,30,34-35H,6-11,15-18,27-29H2,1-5H3/q+1. The number of rotatable bonds is 3. The van der Waals surface area contributed by atoms with Crippen LogP contribution >= 0.6 is 0 Å². The van der Waals surface area contributed by atoms with E-state index in [9.17, 15) is 0 Å². The van der Waals surface area contributed by atoms with Crippen LogP contribution in [0.4, 0.5) is 0 Å². The van der Waals surface area contributed by atoms with Gasteiger partial charge in [-0.1, -0.05) is 113 Å². The molecule has 2 nitrogen and oxygen atoms in total. The van der Waals surface area contributed by atoms with Crippen molar-refractivity contribution in [2.45, 2.75) is 128 Å². The molecule has 2 fully saturated rings. The summed E-state index contributed by atoms with van der Waals surface area (Å²) in [6.45, 7) is 14.5. The Morgan fingerprint density at radius 3 is 2.28 bits per heavy atom. The van der Waals surface area contributed by atoms with Crippen molar-refractivity contribution in [3.63, 3.8) is 0 Å². The third-order valence-electron chi connectivity index (χ3n) is 14.2. The number of allylic oxidation sites excluding steroid dienone is 2. The first kappa shape index (κ1) is 31.1. The van der Waals surface area contributed by atoms with Crippen LogP contribution in [0.5, 0.6) is 0 Å². The van der Waals surface area contributed by atoms with Crippen LogP contribution in [0.15, 0.2) is 66.7 Å². The van der Waals surface area contributed by atoms with Crippen molar-refractivity contribution in [3.8, 4) is 11.1 Å². The summed E-state index contributed by atoms with van der Waals surface area (Å²) in [6.07, 6.45) is 14.7. The van der Waals surface area contributed by atoms with Crippen molar-refractivity contribution in [2.75, 3.05) is 13.1 Å². The quantitative estimate of drug-likeness (QED) is 0.198. The SMILES string of the molecule is Cc1ccc2c3c(ccc2c1)-c1c(ccc2c1C1=C(c4ccccc4C1)C2(C)C)C31CN(C2CCCCC2)C(C(C)C)=[N+](C2CCCCC2)C1. The van der Waals surface area contributed by atoms with Gasteiger partial charge in [-0.2, -0.15) is 0 Å². The van der Waals surface area contributed by atoms with Crippen LogP contribution in [0, 0.1) is 12.8 Å². The van der Waals surface area contributed by atoms with E-state index >= 15 is 0 Å². The van der Waals surface area contributed by atoms with Gasteiger partial charge in [0, 0.05) is 5.41 Å². The normalized spacial score (nSPS) is 24.3. The molecule has 1 atom stereocenters.